The Bertz CT molecular complexity index is 1050. The monoisotopic (exact) mass is 463 g/mol. The van der Waals surface area contributed by atoms with Crippen LogP contribution in [-0.4, -0.2) is 29.4 Å². The van der Waals surface area contributed by atoms with E-state index in [-0.39, 0.29) is 24.3 Å². The van der Waals surface area contributed by atoms with Crippen molar-refractivity contribution < 1.29 is 14.3 Å². The second kappa shape index (κ2) is 11.1. The summed E-state index contributed by atoms with van der Waals surface area (Å²) in [6.45, 7) is 2.43. The van der Waals surface area contributed by atoms with Crippen molar-refractivity contribution in [2.75, 3.05) is 11.5 Å². The Labute approximate surface area is 198 Å². The molecule has 7 heteroatoms. The highest BCUT2D eigenvalue weighted by Gasteiger charge is 2.34. The molecule has 4 rings (SSSR count). The van der Waals surface area contributed by atoms with Gasteiger partial charge in [0.25, 0.3) is 0 Å². The van der Waals surface area contributed by atoms with E-state index < -0.39 is 6.04 Å². The van der Waals surface area contributed by atoms with Crippen LogP contribution in [0.3, 0.4) is 0 Å². The zero-order valence-corrected chi connectivity index (χ0v) is 19.6. The molecule has 1 aromatic carbocycles. The van der Waals surface area contributed by atoms with E-state index in [1.165, 1.54) is 11.3 Å². The Morgan fingerprint density at radius 1 is 1.15 bits per heavy atom. The number of aromatic nitrogens is 1. The van der Waals surface area contributed by atoms with Crippen molar-refractivity contribution in [2.45, 2.75) is 51.1 Å². The van der Waals surface area contributed by atoms with E-state index >= 15 is 0 Å². The average Bonchev–Trinajstić information content (AvgIpc) is 3.52. The first-order valence-corrected chi connectivity index (χ1v) is 12.3. The standard InChI is InChI=1S/C26H29N3O3S/c1-2-32-22-10-5-9-21(17-22)29(24(30)18-23-11-6-16-33-23)25(19-12-14-27-15-13-19)26(31)28-20-7-3-4-8-20/h5-6,9-17,20,25H,2-4,7-8,18H2,1H3,(H,28,31)/t25-/m1/s1. The van der Waals surface area contributed by atoms with E-state index in [9.17, 15) is 9.59 Å². The maximum Gasteiger partial charge on any atom is 0.248 e. The summed E-state index contributed by atoms with van der Waals surface area (Å²) in [5.41, 5.74) is 1.35. The molecule has 1 aliphatic carbocycles. The third-order valence-electron chi connectivity index (χ3n) is 5.81. The average molecular weight is 464 g/mol. The second-order valence-electron chi connectivity index (χ2n) is 8.12. The molecule has 1 fully saturated rings. The van der Waals surface area contributed by atoms with Crippen LogP contribution in [-0.2, 0) is 16.0 Å². The number of carbonyl (C=O) groups excluding carboxylic acids is 2. The minimum absolute atomic E-state index is 0.144. The molecule has 1 saturated carbocycles. The predicted octanol–water partition coefficient (Wildman–Crippen LogP) is 4.92. The number of hydrogen-bond acceptors (Lipinski definition) is 5. The summed E-state index contributed by atoms with van der Waals surface area (Å²) in [7, 11) is 0. The SMILES string of the molecule is CCOc1cccc(N(C(=O)Cc2cccs2)[C@@H](C(=O)NC2CCCC2)c2ccncc2)c1. The topological polar surface area (TPSA) is 71.5 Å². The molecular weight excluding hydrogens is 434 g/mol. The summed E-state index contributed by atoms with van der Waals surface area (Å²) < 4.78 is 5.69. The Morgan fingerprint density at radius 3 is 2.64 bits per heavy atom. The molecule has 172 valence electrons. The molecule has 0 saturated heterocycles. The van der Waals surface area contributed by atoms with E-state index in [1.54, 1.807) is 29.4 Å². The number of nitrogens with zero attached hydrogens (tertiary/aromatic N) is 2. The molecule has 1 N–H and O–H groups in total. The number of anilines is 1. The van der Waals surface area contributed by atoms with Gasteiger partial charge in [0.2, 0.25) is 11.8 Å². The second-order valence-corrected chi connectivity index (χ2v) is 9.16. The van der Waals surface area contributed by atoms with E-state index in [0.717, 1.165) is 36.1 Å². The zero-order chi connectivity index (χ0) is 23.0. The maximum atomic E-state index is 13.7. The van der Waals surface area contributed by atoms with Gasteiger partial charge < -0.3 is 10.1 Å². The lowest BCUT2D eigenvalue weighted by Crippen LogP contribution is -2.46. The van der Waals surface area contributed by atoms with E-state index in [0.29, 0.717) is 18.0 Å². The lowest BCUT2D eigenvalue weighted by Gasteiger charge is -2.32. The number of rotatable bonds is 9. The molecule has 0 bridgehead atoms. The highest BCUT2D eigenvalue weighted by molar-refractivity contribution is 7.10. The molecule has 0 spiro atoms. The summed E-state index contributed by atoms with van der Waals surface area (Å²) in [5, 5.41) is 5.15. The fraction of sp³-hybridized carbons (Fsp3) is 0.346. The first-order chi connectivity index (χ1) is 16.2. The van der Waals surface area contributed by atoms with Crippen LogP contribution in [0.1, 0.15) is 49.1 Å². The highest BCUT2D eigenvalue weighted by atomic mass is 32.1. The van der Waals surface area contributed by atoms with Gasteiger partial charge in [-0.2, -0.15) is 0 Å². The highest BCUT2D eigenvalue weighted by Crippen LogP contribution is 2.32. The number of ether oxygens (including phenoxy) is 1. The van der Waals surface area contributed by atoms with Crippen molar-refractivity contribution in [3.05, 3.63) is 76.7 Å². The number of amides is 2. The van der Waals surface area contributed by atoms with Crippen molar-refractivity contribution >= 4 is 28.8 Å². The van der Waals surface area contributed by atoms with Gasteiger partial charge >= 0.3 is 0 Å². The number of hydrogen-bond donors (Lipinski definition) is 1. The molecule has 0 radical (unpaired) electrons. The van der Waals surface area contributed by atoms with Crippen LogP contribution < -0.4 is 15.0 Å². The Morgan fingerprint density at radius 2 is 1.94 bits per heavy atom. The largest absolute Gasteiger partial charge is 0.494 e. The fourth-order valence-electron chi connectivity index (χ4n) is 4.29. The molecule has 0 aliphatic heterocycles. The Hall–Kier alpha value is -3.19. The number of carbonyl (C=O) groups is 2. The molecule has 2 amide bonds. The maximum absolute atomic E-state index is 13.7. The molecule has 33 heavy (non-hydrogen) atoms. The minimum Gasteiger partial charge on any atom is -0.494 e. The summed E-state index contributed by atoms with van der Waals surface area (Å²) in [6.07, 6.45) is 7.70. The molecule has 6 nitrogen and oxygen atoms in total. The number of thiophene rings is 1. The van der Waals surface area contributed by atoms with Crippen LogP contribution in [0.2, 0.25) is 0 Å². The smallest absolute Gasteiger partial charge is 0.248 e. The summed E-state index contributed by atoms with van der Waals surface area (Å²) in [6, 6.07) is 14.2. The summed E-state index contributed by atoms with van der Waals surface area (Å²) >= 11 is 1.53. The van der Waals surface area contributed by atoms with E-state index in [1.807, 2.05) is 48.7 Å². The van der Waals surface area contributed by atoms with Gasteiger partial charge in [-0.1, -0.05) is 25.0 Å². The minimum atomic E-state index is -0.807. The quantitative estimate of drug-likeness (QED) is 0.489. The Balaban J connectivity index is 1.75. The van der Waals surface area contributed by atoms with Gasteiger partial charge in [-0.05, 0) is 61.0 Å². The van der Waals surface area contributed by atoms with Crippen LogP contribution in [0.15, 0.2) is 66.3 Å². The van der Waals surface area contributed by atoms with Gasteiger partial charge in [0.05, 0.1) is 13.0 Å². The third-order valence-corrected chi connectivity index (χ3v) is 6.69. The van der Waals surface area contributed by atoms with Crippen LogP contribution in [0.4, 0.5) is 5.69 Å². The van der Waals surface area contributed by atoms with Gasteiger partial charge in [-0.3, -0.25) is 19.5 Å². The van der Waals surface area contributed by atoms with Gasteiger partial charge in [-0.15, -0.1) is 11.3 Å². The lowest BCUT2D eigenvalue weighted by atomic mass is 10.0. The molecule has 3 aromatic rings. The van der Waals surface area contributed by atoms with Crippen molar-refractivity contribution in [1.29, 1.82) is 0 Å². The molecular formula is C26H29N3O3S. The van der Waals surface area contributed by atoms with Crippen LogP contribution in [0, 0.1) is 0 Å². The first kappa shape index (κ1) is 23.0. The van der Waals surface area contributed by atoms with Crippen molar-refractivity contribution in [2.24, 2.45) is 0 Å². The molecule has 1 aliphatic rings. The summed E-state index contributed by atoms with van der Waals surface area (Å²) in [4.78, 5) is 34.1. The zero-order valence-electron chi connectivity index (χ0n) is 18.8. The number of benzene rings is 1. The van der Waals surface area contributed by atoms with Crippen LogP contribution in [0.25, 0.3) is 0 Å². The van der Waals surface area contributed by atoms with Crippen molar-refractivity contribution in [3.63, 3.8) is 0 Å². The lowest BCUT2D eigenvalue weighted by molar-refractivity contribution is -0.127. The van der Waals surface area contributed by atoms with Gasteiger partial charge in [0.15, 0.2) is 0 Å². The first-order valence-electron chi connectivity index (χ1n) is 11.4. The third kappa shape index (κ3) is 5.79. The Kier molecular flexibility index (Phi) is 7.73. The van der Waals surface area contributed by atoms with Gasteiger partial charge in [0.1, 0.15) is 11.8 Å². The normalized spacial score (nSPS) is 14.6. The number of nitrogens with one attached hydrogen (secondary N) is 1. The van der Waals surface area contributed by atoms with Crippen molar-refractivity contribution in [1.82, 2.24) is 10.3 Å². The van der Waals surface area contributed by atoms with Gasteiger partial charge in [-0.25, -0.2) is 0 Å². The van der Waals surface area contributed by atoms with Crippen LogP contribution >= 0.6 is 11.3 Å². The van der Waals surface area contributed by atoms with Gasteiger partial charge in [0, 0.05) is 35.1 Å². The molecule has 0 unspecified atom stereocenters. The summed E-state index contributed by atoms with van der Waals surface area (Å²) in [5.74, 6) is 0.345. The predicted molar refractivity (Wildman–Crippen MR) is 130 cm³/mol. The molecule has 2 heterocycles. The number of pyridine rings is 1. The van der Waals surface area contributed by atoms with E-state index in [2.05, 4.69) is 10.3 Å². The molecule has 1 atom stereocenters. The van der Waals surface area contributed by atoms with Crippen LogP contribution in [0.5, 0.6) is 5.75 Å². The molecule has 2 aromatic heterocycles. The van der Waals surface area contributed by atoms with Crippen molar-refractivity contribution in [3.8, 4) is 5.75 Å². The van der Waals surface area contributed by atoms with E-state index in [4.69, 9.17) is 4.74 Å². The fourth-order valence-corrected chi connectivity index (χ4v) is 4.98.